The summed E-state index contributed by atoms with van der Waals surface area (Å²) in [6.07, 6.45) is 6.19. The molecule has 180 valence electrons. The van der Waals surface area contributed by atoms with Gasteiger partial charge in [-0.05, 0) is 55.7 Å². The topological polar surface area (TPSA) is 104 Å². The summed E-state index contributed by atoms with van der Waals surface area (Å²) in [5.74, 6) is -3.83. The lowest BCUT2D eigenvalue weighted by Crippen LogP contribution is -2.51. The summed E-state index contributed by atoms with van der Waals surface area (Å²) in [6, 6.07) is 4.53. The predicted octanol–water partition coefficient (Wildman–Crippen LogP) is 5.60. The van der Waals surface area contributed by atoms with Crippen LogP contribution in [0.3, 0.4) is 0 Å². The Balaban J connectivity index is 1.50. The molecule has 7 nitrogen and oxygen atoms in total. The minimum absolute atomic E-state index is 0.0171. The van der Waals surface area contributed by atoms with Crippen LogP contribution in [-0.2, 0) is 4.79 Å². The van der Waals surface area contributed by atoms with Crippen molar-refractivity contribution in [2.75, 3.05) is 5.32 Å². The second-order valence-corrected chi connectivity index (χ2v) is 9.26. The van der Waals surface area contributed by atoms with Gasteiger partial charge in [0, 0.05) is 29.3 Å². The maximum atomic E-state index is 15.7. The Kier molecular flexibility index (Phi) is 5.05. The summed E-state index contributed by atoms with van der Waals surface area (Å²) in [5.41, 5.74) is 0.203. The monoisotopic (exact) mass is 482 g/mol. The van der Waals surface area contributed by atoms with E-state index in [0.717, 1.165) is 37.8 Å². The van der Waals surface area contributed by atoms with E-state index in [-0.39, 0.29) is 51.4 Å². The highest BCUT2D eigenvalue weighted by atomic mass is 19.1. The van der Waals surface area contributed by atoms with Crippen molar-refractivity contribution in [3.63, 3.8) is 0 Å². The van der Waals surface area contributed by atoms with Gasteiger partial charge >= 0.3 is 5.97 Å². The Morgan fingerprint density at radius 3 is 2.60 bits per heavy atom. The summed E-state index contributed by atoms with van der Waals surface area (Å²) < 4.78 is 49.3. The fraction of sp³-hybridized carbons (Fsp3) is 0.320. The third-order valence-electron chi connectivity index (χ3n) is 7.36. The molecule has 0 amide bonds. The molecular formula is C25H21F3N4O3. The summed E-state index contributed by atoms with van der Waals surface area (Å²) in [4.78, 5) is 23.5. The molecule has 0 spiro atoms. The molecule has 3 N–H and O–H groups in total. The molecule has 10 heteroatoms. The molecule has 2 atom stereocenters. The number of aromatic amines is 1. The van der Waals surface area contributed by atoms with E-state index < -0.39 is 35.4 Å². The summed E-state index contributed by atoms with van der Waals surface area (Å²) >= 11 is 0. The lowest BCUT2D eigenvalue weighted by molar-refractivity contribution is -0.148. The number of benzene rings is 1. The number of nitrogens with zero attached hydrogens (tertiary/aromatic N) is 2. The molecule has 3 aliphatic rings. The van der Waals surface area contributed by atoms with E-state index >= 15 is 4.39 Å². The number of fused-ring (bicyclic) bond motifs is 4. The van der Waals surface area contributed by atoms with Crippen molar-refractivity contribution < 1.29 is 27.5 Å². The first-order valence-corrected chi connectivity index (χ1v) is 11.5. The summed E-state index contributed by atoms with van der Waals surface area (Å²) in [6.45, 7) is 0. The molecule has 3 aliphatic carbocycles. The number of anilines is 1. The number of nitrogens with one attached hydrogen (secondary N) is 2. The number of aliphatic carboxylic acids is 1. The highest BCUT2D eigenvalue weighted by Crippen LogP contribution is 2.46. The van der Waals surface area contributed by atoms with Crippen molar-refractivity contribution in [1.29, 1.82) is 0 Å². The molecule has 4 aromatic rings. The van der Waals surface area contributed by atoms with Crippen LogP contribution in [0.2, 0.25) is 0 Å². The van der Waals surface area contributed by atoms with Gasteiger partial charge in [-0.25, -0.2) is 23.1 Å². The first kappa shape index (κ1) is 21.7. The fourth-order valence-corrected chi connectivity index (χ4v) is 5.75. The number of hydrogen-bond acceptors (Lipinski definition) is 5. The van der Waals surface area contributed by atoms with E-state index in [1.807, 2.05) is 0 Å². The molecule has 2 unspecified atom stereocenters. The number of carbonyl (C=O) groups is 1. The second-order valence-electron chi connectivity index (χ2n) is 9.26. The highest BCUT2D eigenvalue weighted by Gasteiger charge is 2.47. The van der Waals surface area contributed by atoms with E-state index in [0.29, 0.717) is 0 Å². The van der Waals surface area contributed by atoms with Crippen LogP contribution in [0.1, 0.15) is 25.7 Å². The van der Waals surface area contributed by atoms with Crippen LogP contribution in [0.25, 0.3) is 33.7 Å². The Morgan fingerprint density at radius 1 is 1.11 bits per heavy atom. The fourth-order valence-electron chi connectivity index (χ4n) is 5.75. The average molecular weight is 482 g/mol. The number of rotatable bonds is 5. The van der Waals surface area contributed by atoms with Crippen molar-refractivity contribution >= 4 is 22.7 Å². The number of carboxylic acid groups (broad SMARTS) is 1. The third kappa shape index (κ3) is 3.55. The minimum atomic E-state index is -0.916. The molecule has 0 saturated heterocycles. The normalized spacial score (nSPS) is 23.6. The van der Waals surface area contributed by atoms with Gasteiger partial charge in [-0.1, -0.05) is 0 Å². The molecule has 3 saturated carbocycles. The van der Waals surface area contributed by atoms with Crippen LogP contribution in [0.15, 0.2) is 41.1 Å². The van der Waals surface area contributed by atoms with E-state index in [9.17, 15) is 18.7 Å². The van der Waals surface area contributed by atoms with Crippen LogP contribution in [0, 0.1) is 35.2 Å². The molecule has 1 aromatic carbocycles. The number of carboxylic acids is 1. The zero-order valence-corrected chi connectivity index (χ0v) is 18.4. The number of hydrogen-bond donors (Lipinski definition) is 3. The van der Waals surface area contributed by atoms with E-state index in [2.05, 4.69) is 20.3 Å². The minimum Gasteiger partial charge on any atom is -0.481 e. The van der Waals surface area contributed by atoms with Gasteiger partial charge in [0.15, 0.2) is 23.2 Å². The van der Waals surface area contributed by atoms with Gasteiger partial charge in [-0.15, -0.1) is 0 Å². The lowest BCUT2D eigenvalue weighted by atomic mass is 9.61. The largest absolute Gasteiger partial charge is 0.481 e. The van der Waals surface area contributed by atoms with Gasteiger partial charge < -0.3 is 19.8 Å². The molecule has 3 heterocycles. The molecule has 7 rings (SSSR count). The van der Waals surface area contributed by atoms with Crippen LogP contribution in [0.5, 0.6) is 0 Å². The van der Waals surface area contributed by atoms with Gasteiger partial charge in [0.05, 0.1) is 17.7 Å². The molecule has 3 fully saturated rings. The van der Waals surface area contributed by atoms with Crippen LogP contribution in [-0.4, -0.2) is 32.1 Å². The van der Waals surface area contributed by atoms with Crippen molar-refractivity contribution in [1.82, 2.24) is 15.0 Å². The third-order valence-corrected chi connectivity index (χ3v) is 7.36. The van der Waals surface area contributed by atoms with Crippen LogP contribution >= 0.6 is 0 Å². The van der Waals surface area contributed by atoms with E-state index in [1.165, 1.54) is 18.5 Å². The number of furan rings is 1. The highest BCUT2D eigenvalue weighted by molar-refractivity contribution is 5.94. The molecule has 35 heavy (non-hydrogen) atoms. The van der Waals surface area contributed by atoms with Crippen molar-refractivity contribution in [3.05, 3.63) is 54.2 Å². The average Bonchev–Trinajstić information content (AvgIpc) is 3.51. The summed E-state index contributed by atoms with van der Waals surface area (Å²) in [7, 11) is 0. The predicted molar refractivity (Wildman–Crippen MR) is 121 cm³/mol. The SMILES string of the molecule is O=C(O)C1C2CCC(CC2)C1Nc1nc(-c2c[nH]c3c(F)cc(F)cc23)nc(-c2ccco2)c1F. The van der Waals surface area contributed by atoms with Gasteiger partial charge in [0.1, 0.15) is 17.3 Å². The smallest absolute Gasteiger partial charge is 0.308 e. The molecule has 0 aliphatic heterocycles. The quantitative estimate of drug-likeness (QED) is 0.342. The Hall–Kier alpha value is -3.82. The van der Waals surface area contributed by atoms with Crippen molar-refractivity contribution in [2.24, 2.45) is 17.8 Å². The van der Waals surface area contributed by atoms with Crippen molar-refractivity contribution in [2.45, 2.75) is 31.7 Å². The van der Waals surface area contributed by atoms with Gasteiger partial charge in [0.2, 0.25) is 0 Å². The van der Waals surface area contributed by atoms with Gasteiger partial charge in [0.25, 0.3) is 0 Å². The van der Waals surface area contributed by atoms with Crippen molar-refractivity contribution in [3.8, 4) is 22.8 Å². The maximum absolute atomic E-state index is 15.7. The first-order chi connectivity index (χ1) is 16.9. The van der Waals surface area contributed by atoms with E-state index in [4.69, 9.17) is 4.42 Å². The Bertz CT molecular complexity index is 1430. The molecule has 0 radical (unpaired) electrons. The van der Waals surface area contributed by atoms with Crippen LogP contribution in [0.4, 0.5) is 19.0 Å². The first-order valence-electron chi connectivity index (χ1n) is 11.5. The zero-order valence-electron chi connectivity index (χ0n) is 18.4. The van der Waals surface area contributed by atoms with Gasteiger partial charge in [-0.3, -0.25) is 4.79 Å². The summed E-state index contributed by atoms with van der Waals surface area (Å²) in [5, 5.41) is 13.2. The number of halogens is 3. The lowest BCUT2D eigenvalue weighted by Gasteiger charge is -2.47. The number of aromatic nitrogens is 3. The molecule has 3 aromatic heterocycles. The maximum Gasteiger partial charge on any atom is 0.308 e. The zero-order chi connectivity index (χ0) is 24.3. The Morgan fingerprint density at radius 2 is 1.89 bits per heavy atom. The standard InChI is InChI=1S/C25H21F3N4O3/c26-13-8-14-15(10-29-21(14)16(27)9-13)23-31-22(17-2-1-7-35-17)19(28)24(32-23)30-20-12-5-3-11(4-6-12)18(20)25(33)34/h1-2,7-12,18,20,29H,3-6H2,(H,33,34)(H,30,31,32). The van der Waals surface area contributed by atoms with Crippen LogP contribution < -0.4 is 5.32 Å². The molecular weight excluding hydrogens is 461 g/mol. The second kappa shape index (κ2) is 8.14. The van der Waals surface area contributed by atoms with E-state index in [1.54, 1.807) is 6.07 Å². The Labute approximate surface area is 197 Å². The molecule has 2 bridgehead atoms. The number of H-pyrrole nitrogens is 1. The van der Waals surface area contributed by atoms with Gasteiger partial charge in [-0.2, -0.15) is 0 Å².